The Morgan fingerprint density at radius 2 is 1.70 bits per heavy atom. The van der Waals surface area contributed by atoms with Crippen LogP contribution in [0.2, 0.25) is 0 Å². The Morgan fingerprint density at radius 3 is 2.23 bits per heavy atom. The molecule has 0 radical (unpaired) electrons. The first-order chi connectivity index (χ1) is 14.3. The van der Waals surface area contributed by atoms with E-state index in [1.165, 1.54) is 0 Å². The summed E-state index contributed by atoms with van der Waals surface area (Å²) in [4.78, 5) is 52.5. The fourth-order valence-corrected chi connectivity index (χ4v) is 4.67. The molecule has 160 valence electrons. The van der Waals surface area contributed by atoms with Gasteiger partial charge in [0.15, 0.2) is 0 Å². The Bertz CT molecular complexity index is 850. The second kappa shape index (κ2) is 7.85. The molecule has 0 unspecified atom stereocenters. The molecule has 30 heavy (non-hydrogen) atoms. The molecule has 1 saturated carbocycles. The van der Waals surface area contributed by atoms with E-state index in [0.717, 1.165) is 37.0 Å². The molecule has 7 nitrogen and oxygen atoms in total. The van der Waals surface area contributed by atoms with E-state index in [1.807, 2.05) is 0 Å². The van der Waals surface area contributed by atoms with Crippen LogP contribution >= 0.6 is 0 Å². The first-order valence-electron chi connectivity index (χ1n) is 10.6. The monoisotopic (exact) mass is 413 g/mol. The summed E-state index contributed by atoms with van der Waals surface area (Å²) in [6.07, 6.45) is 4.49. The van der Waals surface area contributed by atoms with Crippen LogP contribution in [-0.2, 0) is 19.1 Å². The van der Waals surface area contributed by atoms with Gasteiger partial charge in [-0.2, -0.15) is 0 Å². The number of carbonyl (C=O) groups excluding carboxylic acids is 4. The smallest absolute Gasteiger partial charge is 0.348 e. The molecule has 0 spiro atoms. The van der Waals surface area contributed by atoms with Crippen LogP contribution in [-0.4, -0.2) is 47.4 Å². The molecule has 4 rings (SSSR count). The van der Waals surface area contributed by atoms with E-state index in [4.69, 9.17) is 9.47 Å². The van der Waals surface area contributed by atoms with Gasteiger partial charge in [0.1, 0.15) is 12.6 Å². The molecular weight excluding hydrogens is 386 g/mol. The van der Waals surface area contributed by atoms with Crippen molar-refractivity contribution < 1.29 is 28.7 Å². The minimum Gasteiger partial charge on any atom is -0.462 e. The van der Waals surface area contributed by atoms with Crippen LogP contribution in [0.25, 0.3) is 0 Å². The average Bonchev–Trinajstić information content (AvgIpc) is 3.14. The lowest BCUT2D eigenvalue weighted by Crippen LogP contribution is -2.49. The number of esters is 2. The van der Waals surface area contributed by atoms with Crippen molar-refractivity contribution in [3.63, 3.8) is 0 Å². The maximum atomic E-state index is 13.3. The predicted octanol–water partition coefficient (Wildman–Crippen LogP) is 3.12. The molecule has 3 aliphatic rings. The van der Waals surface area contributed by atoms with E-state index in [0.29, 0.717) is 17.5 Å². The third kappa shape index (κ3) is 3.61. The van der Waals surface area contributed by atoms with Crippen LogP contribution in [0.4, 0.5) is 0 Å². The molecule has 1 aromatic carbocycles. The zero-order chi connectivity index (χ0) is 21.5. The highest BCUT2D eigenvalue weighted by Gasteiger charge is 2.50. The molecule has 0 aromatic heterocycles. The Morgan fingerprint density at radius 1 is 1.10 bits per heavy atom. The van der Waals surface area contributed by atoms with Crippen LogP contribution in [0, 0.1) is 11.3 Å². The van der Waals surface area contributed by atoms with Crippen molar-refractivity contribution in [3.8, 4) is 0 Å². The first-order valence-corrected chi connectivity index (χ1v) is 10.6. The van der Waals surface area contributed by atoms with Crippen molar-refractivity contribution in [1.82, 2.24) is 4.90 Å². The van der Waals surface area contributed by atoms with Gasteiger partial charge in [-0.1, -0.05) is 58.1 Å². The number of amides is 2. The van der Waals surface area contributed by atoms with Crippen molar-refractivity contribution in [2.75, 3.05) is 6.61 Å². The number of hydrogen-bond donors (Lipinski definition) is 0. The molecule has 2 amide bonds. The van der Waals surface area contributed by atoms with E-state index >= 15 is 0 Å². The fourth-order valence-electron chi connectivity index (χ4n) is 4.67. The van der Waals surface area contributed by atoms with Crippen molar-refractivity contribution >= 4 is 23.8 Å². The number of cyclic esters (lactones) is 1. The molecule has 1 aromatic rings. The van der Waals surface area contributed by atoms with Gasteiger partial charge in [0.25, 0.3) is 11.8 Å². The van der Waals surface area contributed by atoms with Gasteiger partial charge < -0.3 is 9.47 Å². The average molecular weight is 413 g/mol. The minimum absolute atomic E-state index is 0.157. The standard InChI is InChI=1S/C23H27NO6/c1-23(2)13-29-22(28)18(23)30-21(27)17(12-14-8-4-3-5-9-14)24-19(25)15-10-6-7-11-16(15)20(24)26/h6-7,10-11,14,17-18H,3-5,8-9,12-13H2,1-2H3/t17-,18+/m1/s1. The molecule has 0 N–H and O–H groups in total. The van der Waals surface area contributed by atoms with Gasteiger partial charge in [-0.25, -0.2) is 9.59 Å². The predicted molar refractivity (Wildman–Crippen MR) is 107 cm³/mol. The maximum Gasteiger partial charge on any atom is 0.348 e. The molecule has 2 heterocycles. The third-order valence-corrected chi connectivity index (χ3v) is 6.43. The Labute approximate surface area is 175 Å². The van der Waals surface area contributed by atoms with Gasteiger partial charge in [-0.05, 0) is 24.5 Å². The number of ether oxygens (including phenoxy) is 2. The lowest BCUT2D eigenvalue weighted by atomic mass is 9.84. The van der Waals surface area contributed by atoms with Gasteiger partial charge in [0, 0.05) is 5.41 Å². The van der Waals surface area contributed by atoms with E-state index in [1.54, 1.807) is 38.1 Å². The maximum absolute atomic E-state index is 13.3. The van der Waals surface area contributed by atoms with Gasteiger partial charge in [0.2, 0.25) is 6.10 Å². The minimum atomic E-state index is -1.05. The van der Waals surface area contributed by atoms with E-state index in [-0.39, 0.29) is 12.5 Å². The van der Waals surface area contributed by atoms with E-state index in [9.17, 15) is 19.2 Å². The van der Waals surface area contributed by atoms with Crippen LogP contribution in [0.5, 0.6) is 0 Å². The SMILES string of the molecule is CC1(C)COC(=O)[C@@H]1OC(=O)[C@@H](CC1CCCCC1)N1C(=O)c2ccccc2C1=O. The largest absolute Gasteiger partial charge is 0.462 e. The van der Waals surface area contributed by atoms with Crippen molar-refractivity contribution in [3.05, 3.63) is 35.4 Å². The summed E-state index contributed by atoms with van der Waals surface area (Å²) in [5, 5.41) is 0. The summed E-state index contributed by atoms with van der Waals surface area (Å²) in [7, 11) is 0. The molecule has 2 atom stereocenters. The van der Waals surface area contributed by atoms with Crippen molar-refractivity contribution in [2.24, 2.45) is 11.3 Å². The number of rotatable bonds is 5. The number of imide groups is 1. The first kappa shape index (κ1) is 20.6. The quantitative estimate of drug-likeness (QED) is 0.544. The second-order valence-electron chi connectivity index (χ2n) is 9.19. The Kier molecular flexibility index (Phi) is 5.38. The van der Waals surface area contributed by atoms with Crippen LogP contribution < -0.4 is 0 Å². The molecule has 1 saturated heterocycles. The van der Waals surface area contributed by atoms with Crippen molar-refractivity contribution in [1.29, 1.82) is 0 Å². The van der Waals surface area contributed by atoms with Gasteiger partial charge in [-0.15, -0.1) is 0 Å². The zero-order valence-electron chi connectivity index (χ0n) is 17.4. The number of benzene rings is 1. The second-order valence-corrected chi connectivity index (χ2v) is 9.19. The molecular formula is C23H27NO6. The summed E-state index contributed by atoms with van der Waals surface area (Å²) in [5.74, 6) is -2.05. The highest BCUT2D eigenvalue weighted by Crippen LogP contribution is 2.35. The van der Waals surface area contributed by atoms with Gasteiger partial charge in [0.05, 0.1) is 11.1 Å². The van der Waals surface area contributed by atoms with Crippen LogP contribution in [0.3, 0.4) is 0 Å². The fraction of sp³-hybridized carbons (Fsp3) is 0.565. The number of carbonyl (C=O) groups is 4. The third-order valence-electron chi connectivity index (χ3n) is 6.43. The number of hydrogen-bond acceptors (Lipinski definition) is 6. The van der Waals surface area contributed by atoms with Gasteiger partial charge in [-0.3, -0.25) is 14.5 Å². The molecule has 1 aliphatic carbocycles. The van der Waals surface area contributed by atoms with Crippen molar-refractivity contribution in [2.45, 2.75) is 64.5 Å². The summed E-state index contributed by atoms with van der Waals surface area (Å²) in [6, 6.07) is 5.52. The lowest BCUT2D eigenvalue weighted by Gasteiger charge is -2.31. The molecule has 7 heteroatoms. The van der Waals surface area contributed by atoms with Crippen LogP contribution in [0.1, 0.15) is 73.1 Å². The lowest BCUT2D eigenvalue weighted by molar-refractivity contribution is -0.166. The van der Waals surface area contributed by atoms with Crippen LogP contribution in [0.15, 0.2) is 24.3 Å². The summed E-state index contributed by atoms with van der Waals surface area (Å²) < 4.78 is 10.7. The Balaban J connectivity index is 1.61. The highest BCUT2D eigenvalue weighted by atomic mass is 16.6. The van der Waals surface area contributed by atoms with E-state index < -0.39 is 41.3 Å². The summed E-state index contributed by atoms with van der Waals surface area (Å²) in [5.41, 5.74) is -0.0708. The molecule has 2 fully saturated rings. The normalized spacial score (nSPS) is 24.5. The van der Waals surface area contributed by atoms with E-state index in [2.05, 4.69) is 0 Å². The molecule has 2 aliphatic heterocycles. The Hall–Kier alpha value is -2.70. The summed E-state index contributed by atoms with van der Waals surface area (Å²) >= 11 is 0. The zero-order valence-corrected chi connectivity index (χ0v) is 17.4. The number of nitrogens with zero attached hydrogens (tertiary/aromatic N) is 1. The topological polar surface area (TPSA) is 90.0 Å². The van der Waals surface area contributed by atoms with Gasteiger partial charge >= 0.3 is 11.9 Å². The highest BCUT2D eigenvalue weighted by molar-refractivity contribution is 6.22. The number of fused-ring (bicyclic) bond motifs is 1. The molecule has 0 bridgehead atoms. The summed E-state index contributed by atoms with van der Waals surface area (Å²) in [6.45, 7) is 3.73.